The molecule has 7 heteroatoms. The van der Waals surface area contributed by atoms with Gasteiger partial charge in [-0.1, -0.05) is 0 Å². The van der Waals surface area contributed by atoms with E-state index < -0.39 is 12.0 Å². The van der Waals surface area contributed by atoms with E-state index in [1.165, 1.54) is 0 Å². The molecule has 1 aromatic rings. The fraction of sp³-hybridized carbons (Fsp3) is 0.583. The van der Waals surface area contributed by atoms with E-state index in [1.54, 1.807) is 11.6 Å². The van der Waals surface area contributed by atoms with Gasteiger partial charge in [-0.15, -0.1) is 0 Å². The Kier molecular flexibility index (Phi) is 4.91. The van der Waals surface area contributed by atoms with E-state index in [0.717, 1.165) is 17.0 Å². The van der Waals surface area contributed by atoms with Crippen LogP contribution < -0.4 is 10.6 Å². The van der Waals surface area contributed by atoms with Crippen molar-refractivity contribution in [2.75, 3.05) is 0 Å². The average molecular weight is 268 g/mol. The van der Waals surface area contributed by atoms with Crippen LogP contribution in [0.15, 0.2) is 0 Å². The highest BCUT2D eigenvalue weighted by atomic mass is 16.4. The van der Waals surface area contributed by atoms with E-state index in [4.69, 9.17) is 5.11 Å². The second-order valence-corrected chi connectivity index (χ2v) is 4.60. The Hall–Kier alpha value is -2.05. The van der Waals surface area contributed by atoms with Crippen molar-refractivity contribution in [1.82, 2.24) is 20.4 Å². The van der Waals surface area contributed by atoms with E-state index in [2.05, 4.69) is 15.7 Å². The van der Waals surface area contributed by atoms with Gasteiger partial charge in [-0.2, -0.15) is 5.10 Å². The van der Waals surface area contributed by atoms with E-state index in [0.29, 0.717) is 6.54 Å². The second kappa shape index (κ2) is 6.21. The van der Waals surface area contributed by atoms with Crippen molar-refractivity contribution in [1.29, 1.82) is 0 Å². The van der Waals surface area contributed by atoms with Gasteiger partial charge in [0.05, 0.1) is 12.1 Å². The average Bonchev–Trinajstić information content (AvgIpc) is 2.49. The van der Waals surface area contributed by atoms with Gasteiger partial charge < -0.3 is 15.7 Å². The predicted octanol–water partition coefficient (Wildman–Crippen LogP) is 0.699. The molecule has 0 aliphatic heterocycles. The zero-order valence-electron chi connectivity index (χ0n) is 11.6. The van der Waals surface area contributed by atoms with Crippen LogP contribution in [0.2, 0.25) is 0 Å². The molecular formula is C12H20N4O3. The fourth-order valence-electron chi connectivity index (χ4n) is 1.83. The normalized spacial score (nSPS) is 12.0. The molecule has 1 aromatic heterocycles. The number of nitrogens with zero attached hydrogens (tertiary/aromatic N) is 2. The molecule has 0 aromatic carbocycles. The summed E-state index contributed by atoms with van der Waals surface area (Å²) in [4.78, 5) is 22.1. The monoisotopic (exact) mass is 268 g/mol. The number of nitrogens with one attached hydrogen (secondary N) is 2. The zero-order chi connectivity index (χ0) is 14.6. The standard InChI is InChI=1S/C12H20N4O3/c1-7(5-11(17)18)14-12(19)13-6-10-8(2)15-16(4)9(10)3/h7H,5-6H2,1-4H3,(H,17,18)(H2,13,14,19). The Bertz CT molecular complexity index is 482. The zero-order valence-corrected chi connectivity index (χ0v) is 11.6. The number of hydrogen-bond donors (Lipinski definition) is 3. The number of aliphatic carboxylic acids is 1. The van der Waals surface area contributed by atoms with Crippen LogP contribution in [0.1, 0.15) is 30.3 Å². The summed E-state index contributed by atoms with van der Waals surface area (Å²) in [6, 6.07) is -0.787. The molecule has 0 radical (unpaired) electrons. The topological polar surface area (TPSA) is 96.3 Å². The van der Waals surface area contributed by atoms with E-state index in [-0.39, 0.29) is 12.5 Å². The number of urea groups is 1. The number of hydrogen-bond acceptors (Lipinski definition) is 3. The maximum atomic E-state index is 11.6. The summed E-state index contributed by atoms with van der Waals surface area (Å²) < 4.78 is 1.76. The van der Waals surface area contributed by atoms with Gasteiger partial charge in [-0.25, -0.2) is 4.79 Å². The molecule has 106 valence electrons. The molecule has 19 heavy (non-hydrogen) atoms. The lowest BCUT2D eigenvalue weighted by molar-refractivity contribution is -0.137. The molecule has 1 rings (SSSR count). The molecule has 0 fully saturated rings. The lowest BCUT2D eigenvalue weighted by Gasteiger charge is -2.12. The second-order valence-electron chi connectivity index (χ2n) is 4.60. The van der Waals surface area contributed by atoms with E-state index in [9.17, 15) is 9.59 Å². The van der Waals surface area contributed by atoms with Crippen molar-refractivity contribution >= 4 is 12.0 Å². The number of aryl methyl sites for hydroxylation is 2. The lowest BCUT2D eigenvalue weighted by Crippen LogP contribution is -2.41. The first-order valence-corrected chi connectivity index (χ1v) is 6.06. The molecule has 1 unspecified atom stereocenters. The molecule has 1 heterocycles. The van der Waals surface area contributed by atoms with Crippen molar-refractivity contribution in [2.24, 2.45) is 7.05 Å². The Morgan fingerprint density at radius 3 is 2.53 bits per heavy atom. The van der Waals surface area contributed by atoms with Crippen LogP contribution in [-0.2, 0) is 18.4 Å². The Morgan fingerprint density at radius 2 is 2.05 bits per heavy atom. The first kappa shape index (κ1) is 15.0. The third kappa shape index (κ3) is 4.27. The van der Waals surface area contributed by atoms with Crippen LogP contribution >= 0.6 is 0 Å². The maximum absolute atomic E-state index is 11.6. The van der Waals surface area contributed by atoms with Gasteiger partial charge in [0, 0.05) is 30.9 Å². The smallest absolute Gasteiger partial charge is 0.315 e. The van der Waals surface area contributed by atoms with Gasteiger partial charge in [-0.3, -0.25) is 9.48 Å². The molecule has 0 saturated heterocycles. The summed E-state index contributed by atoms with van der Waals surface area (Å²) in [5, 5.41) is 18.1. The molecule has 7 nitrogen and oxygen atoms in total. The summed E-state index contributed by atoms with van der Waals surface area (Å²) in [5.41, 5.74) is 2.85. The summed E-state index contributed by atoms with van der Waals surface area (Å²) in [6.45, 7) is 5.84. The highest BCUT2D eigenvalue weighted by Crippen LogP contribution is 2.10. The number of carboxylic acid groups (broad SMARTS) is 1. The van der Waals surface area contributed by atoms with Crippen LogP contribution in [0.3, 0.4) is 0 Å². The first-order valence-electron chi connectivity index (χ1n) is 6.06. The van der Waals surface area contributed by atoms with Crippen molar-refractivity contribution in [3.05, 3.63) is 17.0 Å². The predicted molar refractivity (Wildman–Crippen MR) is 69.8 cm³/mol. The van der Waals surface area contributed by atoms with Crippen LogP contribution in [0.4, 0.5) is 4.79 Å². The Labute approximate surface area is 112 Å². The number of aromatic nitrogens is 2. The minimum atomic E-state index is -0.938. The number of carbonyl (C=O) groups excluding carboxylic acids is 1. The molecule has 3 N–H and O–H groups in total. The molecule has 0 spiro atoms. The van der Waals surface area contributed by atoms with Crippen molar-refractivity contribution in [3.8, 4) is 0 Å². The maximum Gasteiger partial charge on any atom is 0.315 e. The molecule has 1 atom stereocenters. The molecule has 0 aliphatic carbocycles. The van der Waals surface area contributed by atoms with Gasteiger partial charge in [-0.05, 0) is 20.8 Å². The van der Waals surface area contributed by atoms with Crippen molar-refractivity contribution in [2.45, 2.75) is 39.8 Å². The summed E-state index contributed by atoms with van der Waals surface area (Å²) >= 11 is 0. The minimum absolute atomic E-state index is 0.0988. The van der Waals surface area contributed by atoms with Gasteiger partial charge >= 0.3 is 12.0 Å². The van der Waals surface area contributed by atoms with Crippen molar-refractivity contribution < 1.29 is 14.7 Å². The number of amides is 2. The van der Waals surface area contributed by atoms with E-state index in [1.807, 2.05) is 20.9 Å². The van der Waals surface area contributed by atoms with Crippen LogP contribution in [0, 0.1) is 13.8 Å². The quantitative estimate of drug-likeness (QED) is 0.732. The van der Waals surface area contributed by atoms with Crippen LogP contribution in [-0.4, -0.2) is 32.9 Å². The Balaban J connectivity index is 2.48. The molecule has 2 amide bonds. The number of carbonyl (C=O) groups is 2. The Morgan fingerprint density at radius 1 is 1.42 bits per heavy atom. The molecule has 0 bridgehead atoms. The highest BCUT2D eigenvalue weighted by Gasteiger charge is 2.13. The minimum Gasteiger partial charge on any atom is -0.481 e. The summed E-state index contributed by atoms with van der Waals surface area (Å²) in [7, 11) is 1.85. The van der Waals surface area contributed by atoms with Gasteiger partial charge in [0.1, 0.15) is 0 Å². The third-order valence-corrected chi connectivity index (χ3v) is 2.94. The molecule has 0 aliphatic rings. The van der Waals surface area contributed by atoms with Gasteiger partial charge in [0.15, 0.2) is 0 Å². The molecular weight excluding hydrogens is 248 g/mol. The first-order chi connectivity index (χ1) is 8.81. The number of rotatable bonds is 5. The summed E-state index contributed by atoms with van der Waals surface area (Å²) in [6.07, 6.45) is -0.0988. The van der Waals surface area contributed by atoms with E-state index >= 15 is 0 Å². The van der Waals surface area contributed by atoms with Gasteiger partial charge in [0.2, 0.25) is 0 Å². The third-order valence-electron chi connectivity index (χ3n) is 2.94. The fourth-order valence-corrected chi connectivity index (χ4v) is 1.83. The van der Waals surface area contributed by atoms with Gasteiger partial charge in [0.25, 0.3) is 0 Å². The van der Waals surface area contributed by atoms with Crippen LogP contribution in [0.5, 0.6) is 0 Å². The highest BCUT2D eigenvalue weighted by molar-refractivity contribution is 5.75. The number of carboxylic acids is 1. The molecule has 0 saturated carbocycles. The SMILES string of the molecule is Cc1nn(C)c(C)c1CNC(=O)NC(C)CC(=O)O. The lowest BCUT2D eigenvalue weighted by atomic mass is 10.2. The van der Waals surface area contributed by atoms with Crippen molar-refractivity contribution in [3.63, 3.8) is 0 Å². The van der Waals surface area contributed by atoms with Crippen LogP contribution in [0.25, 0.3) is 0 Å². The summed E-state index contributed by atoms with van der Waals surface area (Å²) in [5.74, 6) is -0.938. The largest absolute Gasteiger partial charge is 0.481 e.